The molecule has 1 saturated heterocycles. The number of sulfonamides is 1. The third-order valence-electron chi connectivity index (χ3n) is 4.45. The Bertz CT molecular complexity index is 1010. The number of benzene rings is 2. The molecule has 10 heteroatoms. The third kappa shape index (κ3) is 5.01. The molecule has 1 aliphatic rings. The summed E-state index contributed by atoms with van der Waals surface area (Å²) in [6.07, 6.45) is 0. The van der Waals surface area contributed by atoms with Crippen molar-refractivity contribution in [3.63, 3.8) is 0 Å². The van der Waals surface area contributed by atoms with Crippen LogP contribution in [0.25, 0.3) is 0 Å². The highest BCUT2D eigenvalue weighted by Gasteiger charge is 2.30. The molecule has 2 aromatic carbocycles. The molecule has 1 amide bonds. The minimum absolute atomic E-state index is 0.136. The normalized spacial score (nSPS) is 15.2. The first kappa shape index (κ1) is 21.4. The van der Waals surface area contributed by atoms with E-state index in [-0.39, 0.29) is 36.6 Å². The van der Waals surface area contributed by atoms with Crippen LogP contribution in [0.15, 0.2) is 57.9 Å². The number of rotatable bonds is 5. The lowest BCUT2D eigenvalue weighted by atomic mass is 10.2. The number of carbonyl (C=O) groups is 2. The first-order valence-corrected chi connectivity index (χ1v) is 11.0. The van der Waals surface area contributed by atoms with E-state index in [0.29, 0.717) is 4.47 Å². The van der Waals surface area contributed by atoms with E-state index >= 15 is 0 Å². The van der Waals surface area contributed by atoms with Crippen LogP contribution < -0.4 is 0 Å². The summed E-state index contributed by atoms with van der Waals surface area (Å²) < 4.78 is 45.7. The van der Waals surface area contributed by atoms with Gasteiger partial charge < -0.3 is 9.64 Å². The molecule has 0 spiro atoms. The van der Waals surface area contributed by atoms with Crippen molar-refractivity contribution in [2.45, 2.75) is 4.90 Å². The maximum absolute atomic E-state index is 13.7. The summed E-state index contributed by atoms with van der Waals surface area (Å²) in [6.45, 7) is 0.0754. The predicted molar refractivity (Wildman–Crippen MR) is 106 cm³/mol. The topological polar surface area (TPSA) is 84.0 Å². The summed E-state index contributed by atoms with van der Waals surface area (Å²) in [5.41, 5.74) is -0.272. The Hall–Kier alpha value is -2.30. The third-order valence-corrected chi connectivity index (χ3v) is 6.85. The van der Waals surface area contributed by atoms with E-state index in [0.717, 1.165) is 6.07 Å². The van der Waals surface area contributed by atoms with Crippen molar-refractivity contribution >= 4 is 37.8 Å². The predicted octanol–water partition coefficient (Wildman–Crippen LogP) is 2.28. The molecule has 0 radical (unpaired) electrons. The van der Waals surface area contributed by atoms with E-state index in [1.807, 2.05) is 0 Å². The summed E-state index contributed by atoms with van der Waals surface area (Å²) in [5, 5.41) is 0. The summed E-state index contributed by atoms with van der Waals surface area (Å²) in [7, 11) is -3.62. The monoisotopic (exact) mass is 484 g/mol. The number of carbonyl (C=O) groups excluding carboxylic acids is 2. The highest BCUT2D eigenvalue weighted by atomic mass is 79.9. The molecule has 0 saturated carbocycles. The number of amides is 1. The van der Waals surface area contributed by atoms with Crippen LogP contribution in [0.4, 0.5) is 4.39 Å². The molecule has 29 heavy (non-hydrogen) atoms. The zero-order chi connectivity index (χ0) is 21.0. The van der Waals surface area contributed by atoms with Gasteiger partial charge in [0.15, 0.2) is 6.61 Å². The molecule has 154 valence electrons. The zero-order valence-corrected chi connectivity index (χ0v) is 17.7. The Morgan fingerprint density at radius 3 is 2.34 bits per heavy atom. The van der Waals surface area contributed by atoms with Gasteiger partial charge >= 0.3 is 5.97 Å². The molecule has 7 nitrogen and oxygen atoms in total. The quantitative estimate of drug-likeness (QED) is 0.607. The lowest BCUT2D eigenvalue weighted by Gasteiger charge is -2.33. The number of esters is 1. The van der Waals surface area contributed by atoms with Crippen LogP contribution in [-0.2, 0) is 19.6 Å². The van der Waals surface area contributed by atoms with E-state index < -0.39 is 34.3 Å². The highest BCUT2D eigenvalue weighted by Crippen LogP contribution is 2.18. The van der Waals surface area contributed by atoms with Gasteiger partial charge in [0.25, 0.3) is 5.91 Å². The number of ether oxygens (including phenoxy) is 1. The lowest BCUT2D eigenvalue weighted by Crippen LogP contribution is -2.51. The Labute approximate surface area is 176 Å². The average molecular weight is 485 g/mol. The first-order chi connectivity index (χ1) is 13.8. The van der Waals surface area contributed by atoms with E-state index in [1.165, 1.54) is 33.5 Å². The van der Waals surface area contributed by atoms with Crippen LogP contribution in [0, 0.1) is 5.82 Å². The largest absolute Gasteiger partial charge is 0.452 e. The van der Waals surface area contributed by atoms with Crippen LogP contribution in [0.2, 0.25) is 0 Å². The van der Waals surface area contributed by atoms with Gasteiger partial charge in [-0.05, 0) is 30.3 Å². The van der Waals surface area contributed by atoms with Crippen molar-refractivity contribution < 1.29 is 27.1 Å². The number of hydrogen-bond donors (Lipinski definition) is 0. The molecule has 3 rings (SSSR count). The molecule has 0 unspecified atom stereocenters. The van der Waals surface area contributed by atoms with Gasteiger partial charge in [-0.2, -0.15) is 4.31 Å². The fourth-order valence-electron chi connectivity index (χ4n) is 2.87. The van der Waals surface area contributed by atoms with Crippen LogP contribution in [0.3, 0.4) is 0 Å². The summed E-state index contributed by atoms with van der Waals surface area (Å²) in [6, 6.07) is 11.9. The molecule has 0 aliphatic carbocycles. The van der Waals surface area contributed by atoms with E-state index in [9.17, 15) is 22.4 Å². The van der Waals surface area contributed by atoms with Crippen LogP contribution in [0.1, 0.15) is 10.4 Å². The van der Waals surface area contributed by atoms with Crippen molar-refractivity contribution in [2.24, 2.45) is 0 Å². The minimum atomic E-state index is -3.62. The Morgan fingerprint density at radius 2 is 1.69 bits per heavy atom. The fourth-order valence-corrected chi connectivity index (χ4v) is 4.67. The number of halogens is 2. The molecule has 0 aromatic heterocycles. The van der Waals surface area contributed by atoms with Crippen LogP contribution in [0.5, 0.6) is 0 Å². The van der Waals surface area contributed by atoms with Crippen molar-refractivity contribution in [1.82, 2.24) is 9.21 Å². The van der Waals surface area contributed by atoms with Gasteiger partial charge in [-0.1, -0.05) is 34.1 Å². The minimum Gasteiger partial charge on any atom is -0.452 e. The van der Waals surface area contributed by atoms with Crippen molar-refractivity contribution in [1.29, 1.82) is 0 Å². The Balaban J connectivity index is 1.54. The molecule has 0 bridgehead atoms. The SMILES string of the molecule is O=C(OCC(=O)N1CCN(S(=O)(=O)c2ccccc2)CC1)c1cc(Br)ccc1F. The molecular formula is C19H18BrFN2O5S. The number of hydrogen-bond acceptors (Lipinski definition) is 5. The Morgan fingerprint density at radius 1 is 1.03 bits per heavy atom. The van der Waals surface area contributed by atoms with Crippen molar-refractivity contribution in [3.8, 4) is 0 Å². The van der Waals surface area contributed by atoms with Crippen molar-refractivity contribution in [2.75, 3.05) is 32.8 Å². The van der Waals surface area contributed by atoms with E-state index in [2.05, 4.69) is 15.9 Å². The molecule has 0 N–H and O–H groups in total. The Kier molecular flexibility index (Phi) is 6.66. The van der Waals surface area contributed by atoms with Crippen molar-refractivity contribution in [3.05, 3.63) is 64.4 Å². The van der Waals surface area contributed by atoms with Gasteiger partial charge in [-0.25, -0.2) is 17.6 Å². The van der Waals surface area contributed by atoms with Gasteiger partial charge in [0, 0.05) is 30.7 Å². The second-order valence-corrected chi connectivity index (χ2v) is 9.15. The van der Waals surface area contributed by atoms with Gasteiger partial charge in [-0.3, -0.25) is 4.79 Å². The molecule has 1 aliphatic heterocycles. The van der Waals surface area contributed by atoms with E-state index in [4.69, 9.17) is 4.74 Å². The standard InChI is InChI=1S/C19H18BrFN2O5S/c20-14-6-7-17(21)16(12-14)19(25)28-13-18(24)22-8-10-23(11-9-22)29(26,27)15-4-2-1-3-5-15/h1-7,12H,8-11,13H2. The zero-order valence-electron chi connectivity index (χ0n) is 15.3. The van der Waals surface area contributed by atoms with Gasteiger partial charge in [0.2, 0.25) is 10.0 Å². The molecule has 0 atom stereocenters. The summed E-state index contributed by atoms with van der Waals surface area (Å²) in [4.78, 5) is 25.9. The molecule has 2 aromatic rings. The molecular weight excluding hydrogens is 467 g/mol. The number of piperazine rings is 1. The van der Waals surface area contributed by atoms with Gasteiger partial charge in [0.1, 0.15) is 5.82 Å². The summed E-state index contributed by atoms with van der Waals surface area (Å²) in [5.74, 6) is -2.15. The maximum atomic E-state index is 13.7. The summed E-state index contributed by atoms with van der Waals surface area (Å²) >= 11 is 3.14. The second kappa shape index (κ2) is 9.02. The van der Waals surface area contributed by atoms with Gasteiger partial charge in [-0.15, -0.1) is 0 Å². The molecule has 1 fully saturated rings. The maximum Gasteiger partial charge on any atom is 0.341 e. The molecule has 1 heterocycles. The fraction of sp³-hybridized carbons (Fsp3) is 0.263. The number of nitrogens with zero attached hydrogens (tertiary/aromatic N) is 2. The van der Waals surface area contributed by atoms with Gasteiger partial charge in [0.05, 0.1) is 10.5 Å². The average Bonchev–Trinajstić information content (AvgIpc) is 2.74. The van der Waals surface area contributed by atoms with Crippen LogP contribution in [-0.4, -0.2) is 62.3 Å². The van der Waals surface area contributed by atoms with E-state index in [1.54, 1.807) is 18.2 Å². The highest BCUT2D eigenvalue weighted by molar-refractivity contribution is 9.10. The lowest BCUT2D eigenvalue weighted by molar-refractivity contribution is -0.135. The second-order valence-electron chi connectivity index (χ2n) is 6.30. The smallest absolute Gasteiger partial charge is 0.341 e. The van der Waals surface area contributed by atoms with Crippen LogP contribution >= 0.6 is 15.9 Å². The first-order valence-electron chi connectivity index (χ1n) is 8.74.